The van der Waals surface area contributed by atoms with Crippen molar-refractivity contribution >= 4 is 0 Å². The average Bonchev–Trinajstić information content (AvgIpc) is 2.06. The van der Waals surface area contributed by atoms with E-state index < -0.39 is 5.60 Å². The molecule has 0 aromatic carbocycles. The maximum atomic E-state index is 9.57. The maximum absolute atomic E-state index is 9.57. The van der Waals surface area contributed by atoms with Gasteiger partial charge in [-0.25, -0.2) is 0 Å². The van der Waals surface area contributed by atoms with Crippen molar-refractivity contribution in [2.24, 2.45) is 5.92 Å². The zero-order chi connectivity index (χ0) is 8.32. The van der Waals surface area contributed by atoms with E-state index >= 15 is 0 Å². The van der Waals surface area contributed by atoms with Crippen LogP contribution in [0.1, 0.15) is 26.2 Å². The lowest BCUT2D eigenvalue weighted by Crippen LogP contribution is -2.27. The standard InChI is InChI=1S/C10H14O/c1-3-9-5-7-10(11,4-2)8-6-9/h2,5,7,9,11H,3,6,8H2,1H3. The molecule has 0 aliphatic heterocycles. The molecular weight excluding hydrogens is 136 g/mol. The predicted octanol–water partition coefficient (Wildman–Crippen LogP) is 1.73. The van der Waals surface area contributed by atoms with E-state index in [-0.39, 0.29) is 0 Å². The Kier molecular flexibility index (Phi) is 2.36. The predicted molar refractivity (Wildman–Crippen MR) is 45.9 cm³/mol. The molecule has 1 nitrogen and oxygen atoms in total. The second-order valence-electron chi connectivity index (χ2n) is 3.13. The topological polar surface area (TPSA) is 20.2 Å². The van der Waals surface area contributed by atoms with Crippen LogP contribution in [-0.4, -0.2) is 10.7 Å². The smallest absolute Gasteiger partial charge is 0.143 e. The van der Waals surface area contributed by atoms with E-state index in [2.05, 4.69) is 12.8 Å². The van der Waals surface area contributed by atoms with Gasteiger partial charge in [0.15, 0.2) is 0 Å². The molecule has 1 rings (SSSR count). The number of hydrogen-bond acceptors (Lipinski definition) is 1. The molecule has 0 saturated heterocycles. The third kappa shape index (κ3) is 1.85. The highest BCUT2D eigenvalue weighted by atomic mass is 16.3. The largest absolute Gasteiger partial charge is 0.374 e. The van der Waals surface area contributed by atoms with Gasteiger partial charge >= 0.3 is 0 Å². The number of rotatable bonds is 1. The van der Waals surface area contributed by atoms with Crippen molar-refractivity contribution in [2.45, 2.75) is 31.8 Å². The van der Waals surface area contributed by atoms with Crippen molar-refractivity contribution in [3.63, 3.8) is 0 Å². The van der Waals surface area contributed by atoms with Gasteiger partial charge in [0.05, 0.1) is 0 Å². The molecule has 0 aromatic heterocycles. The highest BCUT2D eigenvalue weighted by molar-refractivity contribution is 5.21. The monoisotopic (exact) mass is 150 g/mol. The number of allylic oxidation sites excluding steroid dienone is 1. The second kappa shape index (κ2) is 3.11. The average molecular weight is 150 g/mol. The van der Waals surface area contributed by atoms with Gasteiger partial charge < -0.3 is 5.11 Å². The zero-order valence-corrected chi connectivity index (χ0v) is 6.88. The first kappa shape index (κ1) is 8.36. The van der Waals surface area contributed by atoms with Crippen LogP contribution in [0.5, 0.6) is 0 Å². The molecule has 1 aliphatic rings. The van der Waals surface area contributed by atoms with Gasteiger partial charge in [-0.05, 0) is 31.3 Å². The number of terminal acetylenes is 1. The molecule has 0 aromatic rings. The van der Waals surface area contributed by atoms with Crippen LogP contribution in [0.3, 0.4) is 0 Å². The van der Waals surface area contributed by atoms with E-state index in [0.29, 0.717) is 12.3 Å². The van der Waals surface area contributed by atoms with Gasteiger partial charge in [-0.1, -0.05) is 18.9 Å². The Hall–Kier alpha value is -0.740. The van der Waals surface area contributed by atoms with Crippen molar-refractivity contribution in [1.29, 1.82) is 0 Å². The number of aliphatic hydroxyl groups is 1. The molecule has 1 aliphatic carbocycles. The maximum Gasteiger partial charge on any atom is 0.143 e. The molecule has 0 amide bonds. The van der Waals surface area contributed by atoms with Crippen molar-refractivity contribution in [2.75, 3.05) is 0 Å². The molecular formula is C10H14O. The summed E-state index contributed by atoms with van der Waals surface area (Å²) >= 11 is 0. The Labute approximate surface area is 68.1 Å². The first-order valence-electron chi connectivity index (χ1n) is 4.09. The van der Waals surface area contributed by atoms with Gasteiger partial charge in [-0.15, -0.1) is 6.42 Å². The van der Waals surface area contributed by atoms with Crippen LogP contribution in [0.25, 0.3) is 0 Å². The van der Waals surface area contributed by atoms with E-state index in [1.54, 1.807) is 6.08 Å². The molecule has 0 spiro atoms. The van der Waals surface area contributed by atoms with Crippen molar-refractivity contribution in [3.8, 4) is 12.3 Å². The Morgan fingerprint density at radius 1 is 1.82 bits per heavy atom. The summed E-state index contributed by atoms with van der Waals surface area (Å²) in [6, 6.07) is 0. The lowest BCUT2D eigenvalue weighted by atomic mass is 9.85. The molecule has 0 bridgehead atoms. The first-order chi connectivity index (χ1) is 5.20. The molecule has 0 fully saturated rings. The molecule has 1 N–H and O–H groups in total. The molecule has 60 valence electrons. The molecule has 0 heterocycles. The van der Waals surface area contributed by atoms with Crippen molar-refractivity contribution in [3.05, 3.63) is 12.2 Å². The summed E-state index contributed by atoms with van der Waals surface area (Å²) < 4.78 is 0. The normalized spacial score (nSPS) is 36.6. The number of hydrogen-bond donors (Lipinski definition) is 1. The minimum absolute atomic E-state index is 0.614. The molecule has 11 heavy (non-hydrogen) atoms. The van der Waals surface area contributed by atoms with E-state index in [4.69, 9.17) is 6.42 Å². The fourth-order valence-corrected chi connectivity index (χ4v) is 1.34. The van der Waals surface area contributed by atoms with E-state index in [1.807, 2.05) is 6.08 Å². The Morgan fingerprint density at radius 3 is 2.91 bits per heavy atom. The summed E-state index contributed by atoms with van der Waals surface area (Å²) in [5.41, 5.74) is -0.953. The lowest BCUT2D eigenvalue weighted by molar-refractivity contribution is 0.127. The molecule has 0 saturated carbocycles. The quantitative estimate of drug-likeness (QED) is 0.446. The Balaban J connectivity index is 2.64. The van der Waals surface area contributed by atoms with Crippen LogP contribution >= 0.6 is 0 Å². The zero-order valence-electron chi connectivity index (χ0n) is 6.88. The van der Waals surface area contributed by atoms with Crippen LogP contribution < -0.4 is 0 Å². The highest BCUT2D eigenvalue weighted by Gasteiger charge is 2.24. The van der Waals surface area contributed by atoms with Gasteiger partial charge in [0.25, 0.3) is 0 Å². The Morgan fingerprint density at radius 2 is 2.55 bits per heavy atom. The van der Waals surface area contributed by atoms with E-state index in [0.717, 1.165) is 12.8 Å². The van der Waals surface area contributed by atoms with E-state index in [1.165, 1.54) is 0 Å². The molecule has 0 radical (unpaired) electrons. The van der Waals surface area contributed by atoms with Gasteiger partial charge in [-0.3, -0.25) is 0 Å². The summed E-state index contributed by atoms with van der Waals surface area (Å²) in [6.07, 6.45) is 11.8. The van der Waals surface area contributed by atoms with Crippen LogP contribution in [0.4, 0.5) is 0 Å². The van der Waals surface area contributed by atoms with Crippen LogP contribution in [-0.2, 0) is 0 Å². The minimum Gasteiger partial charge on any atom is -0.374 e. The summed E-state index contributed by atoms with van der Waals surface area (Å²) in [7, 11) is 0. The summed E-state index contributed by atoms with van der Waals surface area (Å²) in [5, 5.41) is 9.57. The SMILES string of the molecule is C#CC1(O)C=CC(CC)CC1. The minimum atomic E-state index is -0.953. The molecule has 1 heteroatoms. The molecule has 2 atom stereocenters. The second-order valence-corrected chi connectivity index (χ2v) is 3.13. The van der Waals surface area contributed by atoms with Gasteiger partial charge in [-0.2, -0.15) is 0 Å². The van der Waals surface area contributed by atoms with Crippen molar-refractivity contribution < 1.29 is 5.11 Å². The molecule has 2 unspecified atom stereocenters. The lowest BCUT2D eigenvalue weighted by Gasteiger charge is -2.25. The fraction of sp³-hybridized carbons (Fsp3) is 0.600. The first-order valence-corrected chi connectivity index (χ1v) is 4.09. The Bertz CT molecular complexity index is 199. The van der Waals surface area contributed by atoms with Gasteiger partial charge in [0, 0.05) is 0 Å². The fourth-order valence-electron chi connectivity index (χ4n) is 1.34. The van der Waals surface area contributed by atoms with Crippen molar-refractivity contribution in [1.82, 2.24) is 0 Å². The third-order valence-corrected chi connectivity index (χ3v) is 2.31. The van der Waals surface area contributed by atoms with Crippen LogP contribution in [0.15, 0.2) is 12.2 Å². The highest BCUT2D eigenvalue weighted by Crippen LogP contribution is 2.26. The van der Waals surface area contributed by atoms with Crippen LogP contribution in [0, 0.1) is 18.3 Å². The summed E-state index contributed by atoms with van der Waals surface area (Å²) in [5.74, 6) is 3.01. The van der Waals surface area contributed by atoms with Crippen LogP contribution in [0.2, 0.25) is 0 Å². The van der Waals surface area contributed by atoms with Gasteiger partial charge in [0.1, 0.15) is 5.60 Å². The summed E-state index contributed by atoms with van der Waals surface area (Å²) in [4.78, 5) is 0. The third-order valence-electron chi connectivity index (χ3n) is 2.31. The van der Waals surface area contributed by atoms with Gasteiger partial charge in [0.2, 0.25) is 0 Å². The van der Waals surface area contributed by atoms with E-state index in [9.17, 15) is 5.11 Å². The summed E-state index contributed by atoms with van der Waals surface area (Å²) in [6.45, 7) is 2.15.